The van der Waals surface area contributed by atoms with E-state index in [4.69, 9.17) is 72.4 Å². The maximum atomic E-state index is 15.9. The van der Waals surface area contributed by atoms with Crippen molar-refractivity contribution < 1.29 is 200 Å². The summed E-state index contributed by atoms with van der Waals surface area (Å²) in [4.78, 5) is 132. The predicted molar refractivity (Wildman–Crippen MR) is 394 cm³/mol. The molecule has 0 aliphatic carbocycles. The van der Waals surface area contributed by atoms with Crippen LogP contribution in [0.15, 0.2) is 144 Å². The van der Waals surface area contributed by atoms with Crippen molar-refractivity contribution >= 4 is 62.3 Å². The number of nitrogens with zero attached hydrogens (tertiary/aromatic N) is 4. The van der Waals surface area contributed by atoms with Crippen LogP contribution >= 0.6 is 31.3 Å². The van der Waals surface area contributed by atoms with Gasteiger partial charge in [-0.3, -0.25) is 103 Å². The fraction of sp³-hybridized carbons (Fsp3) is 0.348. The normalized spacial score (nSPS) is 34.4. The zero-order valence-corrected chi connectivity index (χ0v) is 66.7. The Balaban J connectivity index is 0.000000152. The molecule has 4 fully saturated rings. The van der Waals surface area contributed by atoms with Crippen LogP contribution in [0.2, 0.25) is 0 Å². The van der Waals surface area contributed by atoms with E-state index in [-0.39, 0.29) is 81.6 Å². The number of benzene rings is 4. The molecule has 7 aromatic rings. The number of fused-ring (bicyclic) bond motifs is 4. The molecule has 12 heterocycles. The zero-order chi connectivity index (χ0) is 98.5. The number of aromatic amines is 3. The number of aliphatic hydroxyl groups is 8. The minimum absolute atomic E-state index is 0.0270. The molecule has 47 nitrogen and oxygen atoms in total. The molecule has 4 aromatic carbocycles. The fourth-order valence-corrected chi connectivity index (χ4v) is 16.7. The number of halogens is 8. The lowest BCUT2D eigenvalue weighted by molar-refractivity contribution is -0.208. The Morgan fingerprint density at radius 3 is 1.12 bits per heavy atom. The van der Waals surface area contributed by atoms with Gasteiger partial charge >= 0.3 is 48.4 Å². The Hall–Kier alpha value is -10.9. The van der Waals surface area contributed by atoms with E-state index in [0.717, 1.165) is 66.7 Å². The lowest BCUT2D eigenvalue weighted by Gasteiger charge is -2.33. The summed E-state index contributed by atoms with van der Waals surface area (Å²) in [6, 6.07) is 12.5. The third kappa shape index (κ3) is 19.5. The molecule has 3 aromatic heterocycles. The molecule has 0 radical (unpaired) electrons. The minimum Gasteiger partial charge on any atom is -0.404 e. The van der Waals surface area contributed by atoms with Crippen LogP contribution in [0.5, 0.6) is 23.0 Å². The number of carbonyl (C=O) groups excluding carboxylic acids is 5. The molecule has 16 rings (SSSR count). The highest BCUT2D eigenvalue weighted by molar-refractivity contribution is 7.49. The van der Waals surface area contributed by atoms with Crippen LogP contribution in [0.25, 0.3) is 0 Å². The van der Waals surface area contributed by atoms with E-state index in [2.05, 4.69) is 20.9 Å². The molecule has 0 saturated carbocycles. The number of hydrogen-bond donors (Lipinski definition) is 12. The monoisotopic (exact) mass is 1910 g/mol. The molecular formula is C69H62F8N8O39P4. The number of alkyl halides is 4. The van der Waals surface area contributed by atoms with E-state index in [9.17, 15) is 129 Å². The Kier molecular flexibility index (Phi) is 24.7. The number of nitrogens with one attached hydrogen (secondary N) is 4. The maximum Gasteiger partial charge on any atom is 0.530 e. The van der Waals surface area contributed by atoms with Crippen LogP contribution in [0, 0.1) is 23.3 Å². The topological polar surface area (TPSA) is 643 Å². The van der Waals surface area contributed by atoms with Gasteiger partial charge in [0.2, 0.25) is 0 Å². The Bertz CT molecular complexity index is 6570. The quantitative estimate of drug-likeness (QED) is 0.0219. The molecule has 9 aliphatic heterocycles. The number of carbonyl (C=O) groups is 5. The van der Waals surface area contributed by atoms with Crippen LogP contribution in [0.1, 0.15) is 80.2 Å². The molecule has 4 saturated heterocycles. The lowest BCUT2D eigenvalue weighted by atomic mass is 10.1. The second-order valence-electron chi connectivity index (χ2n) is 27.1. The molecule has 59 heteroatoms. The highest BCUT2D eigenvalue weighted by Crippen LogP contribution is 2.60. The van der Waals surface area contributed by atoms with Gasteiger partial charge < -0.3 is 88.1 Å². The van der Waals surface area contributed by atoms with Gasteiger partial charge in [-0.15, -0.1) is 0 Å². The van der Waals surface area contributed by atoms with Gasteiger partial charge in [-0.25, -0.2) is 67.8 Å². The highest BCUT2D eigenvalue weighted by atomic mass is 31.2. The van der Waals surface area contributed by atoms with Gasteiger partial charge in [-0.1, -0.05) is 6.58 Å². The van der Waals surface area contributed by atoms with E-state index < -0.39 is 266 Å². The average molecular weight is 1910 g/mol. The van der Waals surface area contributed by atoms with Crippen molar-refractivity contribution in [1.82, 2.24) is 38.9 Å². The van der Waals surface area contributed by atoms with Gasteiger partial charge in [0, 0.05) is 47.0 Å². The van der Waals surface area contributed by atoms with Crippen LogP contribution in [-0.4, -0.2) is 210 Å². The van der Waals surface area contributed by atoms with Crippen LogP contribution in [-0.2, 0) is 109 Å². The SMILES string of the molecule is O=Cc1cn([C@@H]2O[C@](F)(COP3(=O)OCc4cc(F)ccc4O3)[C@@H](O)[C@H]2O)c(=O)[nH]c1=O.[2H]C([2H])(OP1(=O)OCc2cc(F)ccc2O1)[C@@]1(F)O[C@@H](n2cc(C=O)c(=O)[nH]c2=O)[C@H](O)[C@@H]1O.[2H]C([2H])(OP1(=O)OCc2cc(F)ccc2O1)[C@@]1(F)O[C@@]([2H])(N2C=C(C=O)C(=O)NC2=C)[C@H](O)[C@@H]1O.[2H][C@@]1(n2cc(C=O)c(=O)[nH]c2=O)O[C@](F)(COP2(=O)OCc3cc(F)ccc3O2)[C@@H](O)[C@H]1O. The first kappa shape index (κ1) is 86.5. The second-order valence-corrected chi connectivity index (χ2v) is 33.4. The molecule has 12 N–H and O–H groups in total. The summed E-state index contributed by atoms with van der Waals surface area (Å²) in [6.07, 6.45) is -27.2. The van der Waals surface area contributed by atoms with Crippen LogP contribution in [0.3, 0.4) is 0 Å². The molecule has 128 heavy (non-hydrogen) atoms. The first-order valence-electron chi connectivity index (χ1n) is 38.4. The average Bonchev–Trinajstić information content (AvgIpc) is 1.56. The van der Waals surface area contributed by atoms with E-state index in [1.165, 1.54) is 6.07 Å². The van der Waals surface area contributed by atoms with Crippen LogP contribution in [0.4, 0.5) is 35.1 Å². The fourth-order valence-electron chi connectivity index (χ4n) is 12.0. The maximum absolute atomic E-state index is 15.9. The molecular weight excluding hydrogens is 1840 g/mol. The highest BCUT2D eigenvalue weighted by Gasteiger charge is 2.63. The van der Waals surface area contributed by atoms with Gasteiger partial charge in [0.05, 0.1) is 56.9 Å². The number of aldehydes is 4. The lowest BCUT2D eigenvalue weighted by Crippen LogP contribution is -2.48. The number of aliphatic hydroxyl groups excluding tert-OH is 8. The molecule has 1 amide bonds. The molecule has 20 atom stereocenters. The van der Waals surface area contributed by atoms with Gasteiger partial charge in [-0.2, -0.15) is 0 Å². The standard InChI is InChI=1S/C18H17F2N2O9P.3C17H15F2N2O10P/c1-9-21-16(26)11(6-23)5-22(9)17-14(24)15(25)18(20,30-17)8-29-32(27)28-7-10-4-12(19)2-3-13(10)31-32;3*18-10-1-2-11-8(3-10)6-28-32(27,31-11)29-7-17(19)13(24)12(23)15(30-17)21-4-9(5-22)14(25)20-16(21)26/h2-6,14-15,17,24-25H,1,7-8H2,(H,21,26);3*1-5,12-13,15,23-24H,6-7H2,(H,20,25,26)/t14-,15+,17-,18-,32?;3*12-,13+,15-,17-,32?/m1111/s1/i8D2,17D;15D;7D2;. The number of ether oxygens (including phenoxy) is 4. The summed E-state index contributed by atoms with van der Waals surface area (Å²) in [7, 11) is -18.8. The van der Waals surface area contributed by atoms with Crippen molar-refractivity contribution in [2.45, 2.75) is 124 Å². The molecule has 688 valence electrons. The van der Waals surface area contributed by atoms with Gasteiger partial charge in [-0.05, 0) is 72.8 Å². The summed E-state index contributed by atoms with van der Waals surface area (Å²) < 4.78 is 294. The first-order chi connectivity index (χ1) is 62.4. The minimum atomic E-state index is -4.95. The summed E-state index contributed by atoms with van der Waals surface area (Å²) in [5.41, 5.74) is -8.79. The molecule has 0 spiro atoms. The Labute approximate surface area is 712 Å². The molecule has 9 aliphatic rings. The van der Waals surface area contributed by atoms with E-state index in [0.29, 0.717) is 38.8 Å². The Morgan fingerprint density at radius 1 is 0.445 bits per heavy atom. The third-order valence-electron chi connectivity index (χ3n) is 18.6. The summed E-state index contributed by atoms with van der Waals surface area (Å²) in [5.74, 6) is -19.1. The van der Waals surface area contributed by atoms with Crippen molar-refractivity contribution in [2.75, 3.05) is 26.3 Å². The van der Waals surface area contributed by atoms with Crippen molar-refractivity contribution in [2.24, 2.45) is 0 Å². The number of hydrogen-bond acceptors (Lipinski definition) is 40. The van der Waals surface area contributed by atoms with E-state index in [1.807, 2.05) is 0 Å². The number of amides is 1. The number of H-pyrrole nitrogens is 3. The van der Waals surface area contributed by atoms with Crippen molar-refractivity contribution in [1.29, 1.82) is 0 Å². The zero-order valence-electron chi connectivity index (χ0n) is 69.1. The molecule has 4 unspecified atom stereocenters. The summed E-state index contributed by atoms with van der Waals surface area (Å²) in [6.45, 7) is -8.95. The largest absolute Gasteiger partial charge is 0.530 e. The third-order valence-corrected chi connectivity index (χ3v) is 23.5. The van der Waals surface area contributed by atoms with Gasteiger partial charge in [0.1, 0.15) is 127 Å². The van der Waals surface area contributed by atoms with Crippen LogP contribution < -0.4 is 57.2 Å². The van der Waals surface area contributed by atoms with Crippen molar-refractivity contribution in [3.8, 4) is 23.0 Å². The summed E-state index contributed by atoms with van der Waals surface area (Å²) >= 11 is 0. The number of phosphoric ester groups is 4. The summed E-state index contributed by atoms with van der Waals surface area (Å²) in [5, 5.41) is 84.0. The second kappa shape index (κ2) is 36.6. The number of aromatic nitrogens is 6. The van der Waals surface area contributed by atoms with Crippen molar-refractivity contribution in [3.05, 3.63) is 240 Å². The van der Waals surface area contributed by atoms with E-state index >= 15 is 17.6 Å². The Morgan fingerprint density at radius 2 is 0.750 bits per heavy atom. The van der Waals surface area contributed by atoms with Crippen molar-refractivity contribution in [3.63, 3.8) is 0 Å². The smallest absolute Gasteiger partial charge is 0.404 e. The number of rotatable bonds is 20. The van der Waals surface area contributed by atoms with Gasteiger partial charge in [0.15, 0.2) is 50.0 Å². The van der Waals surface area contributed by atoms with Gasteiger partial charge in [0.25, 0.3) is 46.0 Å². The first-order valence-corrected chi connectivity index (χ1v) is 41.2. The predicted octanol–water partition coefficient (Wildman–Crippen LogP) is 1.00. The van der Waals surface area contributed by atoms with E-state index in [1.54, 1.807) is 15.0 Å². The molecule has 0 bridgehead atoms. The number of phosphoric acid groups is 4.